The van der Waals surface area contributed by atoms with Crippen LogP contribution in [-0.4, -0.2) is 85.7 Å². The zero-order valence-corrected chi connectivity index (χ0v) is 24.3. The van der Waals surface area contributed by atoms with Gasteiger partial charge in [0.25, 0.3) is 5.91 Å². The summed E-state index contributed by atoms with van der Waals surface area (Å²) in [6.07, 6.45) is 1.89. The second-order valence-electron chi connectivity index (χ2n) is 13.6. The highest BCUT2D eigenvalue weighted by Gasteiger charge is 2.64. The lowest BCUT2D eigenvalue weighted by molar-refractivity contribution is -0.153. The number of phenols is 1. The highest BCUT2D eigenvalue weighted by Crippen LogP contribution is 2.53. The lowest BCUT2D eigenvalue weighted by Crippen LogP contribution is -2.65. The van der Waals surface area contributed by atoms with Gasteiger partial charge in [-0.05, 0) is 85.0 Å². The molecule has 0 spiro atoms. The standard InChI is InChI=1S/C30H40N4O7/c1-28(2)11-15(12-29(3,4)33-28)32-17-8-7-13-9-14-10-16-21(34(5)6)24(37)20(27(31)40)26(39)30(16,41)25(38)19(14)23(36)18(13)22(17)35/h7-8,14-16,21,32-33,35-36,39,41H,9-12H2,1-6H3,(H2,31,40)/t14-,16-,21-,30-/m0/s1. The van der Waals surface area contributed by atoms with E-state index in [9.17, 15) is 34.8 Å². The molecule has 1 aromatic rings. The summed E-state index contributed by atoms with van der Waals surface area (Å²) >= 11 is 0. The van der Waals surface area contributed by atoms with Gasteiger partial charge in [-0.1, -0.05) is 6.07 Å². The van der Waals surface area contributed by atoms with Gasteiger partial charge < -0.3 is 36.8 Å². The van der Waals surface area contributed by atoms with Crippen molar-refractivity contribution in [2.45, 2.75) is 82.1 Å². The third kappa shape index (κ3) is 4.41. The van der Waals surface area contributed by atoms with E-state index in [1.165, 1.54) is 4.90 Å². The Morgan fingerprint density at radius 3 is 2.24 bits per heavy atom. The SMILES string of the molecule is CN(C)[C@@H]1C(=O)C(C(N)=O)=C(O)[C@@]2(O)C(=O)C3=C(O)c4c(ccc(NC5CC(C)(C)NC(C)(C)C5)c4O)C[C@H]3C[C@@H]12. The molecule has 0 bridgehead atoms. The number of benzene rings is 1. The molecule has 222 valence electrons. The number of hydrogen-bond acceptors (Lipinski definition) is 10. The third-order valence-electron chi connectivity index (χ3n) is 9.14. The van der Waals surface area contributed by atoms with E-state index in [2.05, 4.69) is 38.3 Å². The molecule has 0 aromatic heterocycles. The van der Waals surface area contributed by atoms with Crippen molar-refractivity contribution < 1.29 is 34.8 Å². The minimum Gasteiger partial charge on any atom is -0.508 e. The number of likely N-dealkylation sites (N-methyl/N-ethyl adjacent to an activating group) is 1. The predicted octanol–water partition coefficient (Wildman–Crippen LogP) is 1.69. The number of aliphatic hydroxyl groups excluding tert-OH is 2. The maximum Gasteiger partial charge on any atom is 0.255 e. The Bertz CT molecular complexity index is 1410. The van der Waals surface area contributed by atoms with Crippen LogP contribution in [0.2, 0.25) is 0 Å². The van der Waals surface area contributed by atoms with Gasteiger partial charge in [0.1, 0.15) is 22.8 Å². The van der Waals surface area contributed by atoms with Crippen molar-refractivity contribution in [3.8, 4) is 5.75 Å². The number of hydrogen-bond donors (Lipinski definition) is 7. The van der Waals surface area contributed by atoms with E-state index in [-0.39, 0.29) is 46.8 Å². The van der Waals surface area contributed by atoms with Gasteiger partial charge in [-0.2, -0.15) is 0 Å². The Morgan fingerprint density at radius 2 is 1.68 bits per heavy atom. The summed E-state index contributed by atoms with van der Waals surface area (Å²) < 4.78 is 0. The topological polar surface area (TPSA) is 185 Å². The Morgan fingerprint density at radius 1 is 1.07 bits per heavy atom. The molecule has 3 aliphatic carbocycles. The van der Waals surface area contributed by atoms with Gasteiger partial charge in [0, 0.05) is 28.6 Å². The molecule has 5 rings (SSSR count). The first-order chi connectivity index (χ1) is 18.9. The zero-order chi connectivity index (χ0) is 30.4. The highest BCUT2D eigenvalue weighted by molar-refractivity contribution is 6.24. The molecule has 4 aliphatic rings. The molecule has 1 aliphatic heterocycles. The van der Waals surface area contributed by atoms with E-state index in [0.29, 0.717) is 11.3 Å². The molecule has 1 aromatic carbocycles. The van der Waals surface area contributed by atoms with Crippen LogP contribution in [0.5, 0.6) is 5.75 Å². The number of fused-ring (bicyclic) bond motifs is 3. The summed E-state index contributed by atoms with van der Waals surface area (Å²) in [7, 11) is 3.15. The van der Waals surface area contributed by atoms with Crippen molar-refractivity contribution in [2.24, 2.45) is 17.6 Å². The minimum atomic E-state index is -2.65. The molecule has 1 saturated heterocycles. The smallest absolute Gasteiger partial charge is 0.255 e. The first-order valence-corrected chi connectivity index (χ1v) is 13.9. The number of nitrogens with one attached hydrogen (secondary N) is 2. The average molecular weight is 569 g/mol. The van der Waals surface area contributed by atoms with Gasteiger partial charge in [-0.3, -0.25) is 19.3 Å². The molecule has 1 amide bonds. The van der Waals surface area contributed by atoms with Gasteiger partial charge in [0.15, 0.2) is 11.4 Å². The Labute approximate surface area is 239 Å². The van der Waals surface area contributed by atoms with Gasteiger partial charge in [-0.15, -0.1) is 0 Å². The predicted molar refractivity (Wildman–Crippen MR) is 152 cm³/mol. The molecule has 1 heterocycles. The van der Waals surface area contributed by atoms with Crippen LogP contribution in [0.25, 0.3) is 5.76 Å². The van der Waals surface area contributed by atoms with Crippen LogP contribution in [0.1, 0.15) is 58.1 Å². The number of anilines is 1. The zero-order valence-electron chi connectivity index (χ0n) is 24.3. The fourth-order valence-electron chi connectivity index (χ4n) is 7.98. The number of ketones is 2. The van der Waals surface area contributed by atoms with Crippen LogP contribution in [0, 0.1) is 11.8 Å². The second-order valence-corrected chi connectivity index (χ2v) is 13.6. The van der Waals surface area contributed by atoms with Gasteiger partial charge >= 0.3 is 0 Å². The number of phenolic OH excluding ortho intramolecular Hbond substituents is 1. The first-order valence-electron chi connectivity index (χ1n) is 13.9. The molecule has 1 saturated carbocycles. The number of aliphatic hydroxyl groups is 3. The summed E-state index contributed by atoms with van der Waals surface area (Å²) in [6.45, 7) is 8.47. The summed E-state index contributed by atoms with van der Waals surface area (Å²) in [5.74, 6) is -6.54. The third-order valence-corrected chi connectivity index (χ3v) is 9.14. The average Bonchev–Trinajstić information content (AvgIpc) is 2.80. The fourth-order valence-corrected chi connectivity index (χ4v) is 7.98. The summed E-state index contributed by atoms with van der Waals surface area (Å²) in [4.78, 5) is 40.8. The quantitative estimate of drug-likeness (QED) is 0.208. The Hall–Kier alpha value is -3.41. The number of amides is 1. The van der Waals surface area contributed by atoms with Crippen LogP contribution >= 0.6 is 0 Å². The molecule has 0 radical (unpaired) electrons. The number of aromatic hydroxyl groups is 1. The molecule has 0 unspecified atom stereocenters. The van der Waals surface area contributed by atoms with Crippen molar-refractivity contribution in [2.75, 3.05) is 19.4 Å². The molecule has 8 N–H and O–H groups in total. The van der Waals surface area contributed by atoms with Crippen molar-refractivity contribution in [3.05, 3.63) is 40.2 Å². The number of carbonyl (C=O) groups is 3. The van der Waals surface area contributed by atoms with Gasteiger partial charge in [0.2, 0.25) is 5.78 Å². The van der Waals surface area contributed by atoms with Crippen LogP contribution in [0.4, 0.5) is 5.69 Å². The number of piperidine rings is 1. The van der Waals surface area contributed by atoms with Crippen LogP contribution in [-0.2, 0) is 20.8 Å². The molecule has 11 heteroatoms. The number of nitrogens with two attached hydrogens (primary N) is 1. The fraction of sp³-hybridized carbons (Fsp3) is 0.567. The maximum absolute atomic E-state index is 14.0. The largest absolute Gasteiger partial charge is 0.508 e. The van der Waals surface area contributed by atoms with Crippen molar-refractivity contribution in [1.82, 2.24) is 10.2 Å². The van der Waals surface area contributed by atoms with E-state index in [1.54, 1.807) is 26.2 Å². The summed E-state index contributed by atoms with van der Waals surface area (Å²) in [5.41, 5.74) is 2.56. The van der Waals surface area contributed by atoms with Crippen LogP contribution in [0.15, 0.2) is 29.0 Å². The molecular weight excluding hydrogens is 528 g/mol. The molecule has 41 heavy (non-hydrogen) atoms. The molecular formula is C30H40N4O7. The van der Waals surface area contributed by atoms with Crippen LogP contribution in [0.3, 0.4) is 0 Å². The van der Waals surface area contributed by atoms with Gasteiger partial charge in [0.05, 0.1) is 17.3 Å². The lowest BCUT2D eigenvalue weighted by Gasteiger charge is -2.50. The second kappa shape index (κ2) is 9.30. The van der Waals surface area contributed by atoms with Crippen molar-refractivity contribution in [1.29, 1.82) is 0 Å². The Balaban J connectivity index is 1.58. The maximum atomic E-state index is 14.0. The normalized spacial score (nSPS) is 31.1. The molecule has 2 fully saturated rings. The van der Waals surface area contributed by atoms with E-state index in [1.807, 2.05) is 0 Å². The summed E-state index contributed by atoms with van der Waals surface area (Å²) in [6, 6.07) is 2.47. The highest BCUT2D eigenvalue weighted by atomic mass is 16.3. The number of rotatable bonds is 4. The first kappa shape index (κ1) is 29.1. The monoisotopic (exact) mass is 568 g/mol. The Kier molecular flexibility index (Phi) is 6.60. The molecule has 4 atom stereocenters. The number of Topliss-reactive ketones (excluding diaryl/α,β-unsaturated/α-hetero) is 2. The van der Waals surface area contributed by atoms with E-state index >= 15 is 0 Å². The summed E-state index contributed by atoms with van der Waals surface area (Å²) in [5, 5.41) is 52.6. The molecule has 11 nitrogen and oxygen atoms in total. The number of nitrogens with zero attached hydrogens (tertiary/aromatic N) is 1. The van der Waals surface area contributed by atoms with E-state index in [0.717, 1.165) is 12.8 Å². The van der Waals surface area contributed by atoms with Crippen molar-refractivity contribution in [3.63, 3.8) is 0 Å². The van der Waals surface area contributed by atoms with Crippen molar-refractivity contribution >= 4 is 28.9 Å². The van der Waals surface area contributed by atoms with Gasteiger partial charge in [-0.25, -0.2) is 0 Å². The van der Waals surface area contributed by atoms with Crippen LogP contribution < -0.4 is 16.4 Å². The minimum absolute atomic E-state index is 0.0196. The lowest BCUT2D eigenvalue weighted by atomic mass is 9.57. The van der Waals surface area contributed by atoms with E-state index < -0.39 is 58.0 Å². The van der Waals surface area contributed by atoms with E-state index in [4.69, 9.17) is 5.73 Å². The number of primary amides is 1. The number of carbonyl (C=O) groups excluding carboxylic acids is 3.